The van der Waals surface area contributed by atoms with Crippen LogP contribution in [-0.4, -0.2) is 31.8 Å². The van der Waals surface area contributed by atoms with Gasteiger partial charge < -0.3 is 24.8 Å². The summed E-state index contributed by atoms with van der Waals surface area (Å²) in [7, 11) is 3.56. The van der Waals surface area contributed by atoms with Crippen molar-refractivity contribution in [1.29, 1.82) is 0 Å². The van der Waals surface area contributed by atoms with Gasteiger partial charge in [-0.15, -0.1) is 0 Å². The molecule has 1 aliphatic carbocycles. The van der Waals surface area contributed by atoms with Crippen LogP contribution in [0.15, 0.2) is 60.8 Å². The summed E-state index contributed by atoms with van der Waals surface area (Å²) in [6, 6.07) is 17.3. The lowest BCUT2D eigenvalue weighted by Gasteiger charge is -2.20. The van der Waals surface area contributed by atoms with Crippen LogP contribution < -0.4 is 24.8 Å². The number of amides is 1. The van der Waals surface area contributed by atoms with Crippen LogP contribution in [0.4, 0.5) is 5.82 Å². The van der Waals surface area contributed by atoms with E-state index in [9.17, 15) is 4.79 Å². The largest absolute Gasteiger partial charge is 0.496 e. The summed E-state index contributed by atoms with van der Waals surface area (Å²) in [4.78, 5) is 17.6. The maximum absolute atomic E-state index is 13.1. The van der Waals surface area contributed by atoms with Crippen molar-refractivity contribution < 1.29 is 20.4 Å². The highest BCUT2D eigenvalue weighted by molar-refractivity contribution is 6.01. The molecule has 1 saturated carbocycles. The van der Waals surface area contributed by atoms with Gasteiger partial charge in [0.15, 0.2) is 11.5 Å². The molecular formula is C25H27N3O4. The number of ether oxygens (including phenoxy) is 3. The molecule has 5 rings (SSSR count). The Labute approximate surface area is 188 Å². The number of rotatable bonds is 7. The molecular weight excluding hydrogens is 406 g/mol. The molecule has 3 aromatic rings. The summed E-state index contributed by atoms with van der Waals surface area (Å²) >= 11 is 0. The first-order valence-electron chi connectivity index (χ1n) is 10.6. The van der Waals surface area contributed by atoms with E-state index in [2.05, 4.69) is 15.6 Å². The highest BCUT2D eigenvalue weighted by atomic mass is 16.7. The molecule has 2 aliphatic rings. The molecule has 7 heteroatoms. The van der Waals surface area contributed by atoms with Gasteiger partial charge in [0, 0.05) is 13.2 Å². The fourth-order valence-corrected chi connectivity index (χ4v) is 4.26. The second-order valence-electron chi connectivity index (χ2n) is 8.04. The van der Waals surface area contributed by atoms with Gasteiger partial charge in [0.25, 0.3) is 0 Å². The van der Waals surface area contributed by atoms with Gasteiger partial charge in [-0.2, -0.15) is 0 Å². The smallest absolute Gasteiger partial charge is 0.236 e. The number of carbonyl (C=O) groups excluding carboxylic acids is 1. The molecule has 1 unspecified atom stereocenters. The number of para-hydroxylation sites is 1. The number of hydrogen-bond donors (Lipinski definition) is 2. The van der Waals surface area contributed by atoms with E-state index in [0.29, 0.717) is 11.6 Å². The first-order chi connectivity index (χ1) is 15.6. The third kappa shape index (κ3) is 3.54. The second-order valence-corrected chi connectivity index (χ2v) is 8.04. The highest BCUT2D eigenvalue weighted by Gasteiger charge is 2.51. The van der Waals surface area contributed by atoms with E-state index < -0.39 is 5.41 Å². The van der Waals surface area contributed by atoms with Crippen molar-refractivity contribution in [3.8, 4) is 17.2 Å². The van der Waals surface area contributed by atoms with Crippen LogP contribution in [0.5, 0.6) is 17.2 Å². The van der Waals surface area contributed by atoms with Crippen LogP contribution in [0.25, 0.3) is 0 Å². The van der Waals surface area contributed by atoms with E-state index in [1.807, 2.05) is 61.6 Å². The molecule has 2 heterocycles. The number of hydrogen-bond acceptors (Lipinski definition) is 6. The average molecular weight is 434 g/mol. The number of pyridine rings is 1. The number of benzene rings is 2. The van der Waals surface area contributed by atoms with Gasteiger partial charge in [0.2, 0.25) is 12.7 Å². The van der Waals surface area contributed by atoms with Gasteiger partial charge in [-0.3, -0.25) is 4.79 Å². The zero-order valence-corrected chi connectivity index (χ0v) is 18.1. The SMILES string of the molecule is CNC(c1ccc(NC(=O)C2(c3ccc4c(c3)OCO4)CC2)nc1)c1ccccc1OC.[HH]. The third-order valence-corrected chi connectivity index (χ3v) is 6.21. The number of methoxy groups -OCH3 is 1. The molecule has 2 N–H and O–H groups in total. The average Bonchev–Trinajstić information content (AvgIpc) is 3.52. The Kier molecular flexibility index (Phi) is 5.19. The summed E-state index contributed by atoms with van der Waals surface area (Å²) in [6.07, 6.45) is 3.38. The van der Waals surface area contributed by atoms with Crippen molar-refractivity contribution in [2.75, 3.05) is 26.3 Å². The molecule has 7 nitrogen and oxygen atoms in total. The monoisotopic (exact) mass is 433 g/mol. The molecule has 0 bridgehead atoms. The van der Waals surface area contributed by atoms with Crippen molar-refractivity contribution in [3.05, 3.63) is 77.5 Å². The van der Waals surface area contributed by atoms with Crippen molar-refractivity contribution >= 4 is 11.7 Å². The van der Waals surface area contributed by atoms with E-state index >= 15 is 0 Å². The fraction of sp³-hybridized carbons (Fsp3) is 0.280. The predicted octanol–water partition coefficient (Wildman–Crippen LogP) is 4.04. The summed E-state index contributed by atoms with van der Waals surface area (Å²) in [5.41, 5.74) is 2.41. The van der Waals surface area contributed by atoms with Crippen LogP contribution in [-0.2, 0) is 10.2 Å². The lowest BCUT2D eigenvalue weighted by atomic mass is 9.94. The van der Waals surface area contributed by atoms with Gasteiger partial charge >= 0.3 is 0 Å². The van der Waals surface area contributed by atoms with E-state index in [0.717, 1.165) is 41.0 Å². The Hall–Kier alpha value is -3.58. The molecule has 0 spiro atoms. The Bertz CT molecular complexity index is 1150. The number of nitrogens with zero attached hydrogens (tertiary/aromatic N) is 1. The van der Waals surface area contributed by atoms with E-state index in [1.165, 1.54) is 0 Å². The zero-order valence-electron chi connectivity index (χ0n) is 18.1. The molecule has 1 amide bonds. The van der Waals surface area contributed by atoms with Crippen molar-refractivity contribution in [1.82, 2.24) is 10.3 Å². The Morgan fingerprint density at radius 2 is 1.94 bits per heavy atom. The predicted molar refractivity (Wildman–Crippen MR) is 122 cm³/mol. The lowest BCUT2D eigenvalue weighted by molar-refractivity contribution is -0.118. The number of anilines is 1. The molecule has 1 aromatic heterocycles. The quantitative estimate of drug-likeness (QED) is 0.585. The molecule has 1 atom stereocenters. The number of nitrogens with one attached hydrogen (secondary N) is 2. The van der Waals surface area contributed by atoms with Crippen LogP contribution in [0, 0.1) is 0 Å². The molecule has 1 fully saturated rings. The van der Waals surface area contributed by atoms with Crippen molar-refractivity contribution in [2.24, 2.45) is 0 Å². The number of carbonyl (C=O) groups is 1. The second kappa shape index (κ2) is 8.16. The zero-order chi connectivity index (χ0) is 22.1. The van der Waals surface area contributed by atoms with Gasteiger partial charge in [-0.05, 0) is 55.3 Å². The van der Waals surface area contributed by atoms with Gasteiger partial charge in [-0.1, -0.05) is 30.3 Å². The van der Waals surface area contributed by atoms with Crippen molar-refractivity contribution in [2.45, 2.75) is 24.3 Å². The minimum Gasteiger partial charge on any atom is -0.496 e. The number of aromatic nitrogens is 1. The van der Waals surface area contributed by atoms with E-state index in [-0.39, 0.29) is 20.2 Å². The standard InChI is InChI=1S/C25H25N3O4.H2/c1-26-23(18-5-3-4-6-19(18)30-2)16-7-10-22(27-14-16)28-24(29)25(11-12-25)17-8-9-20-21(13-17)32-15-31-20;/h3-10,13-14,23,26H,11-12,15H2,1-2H3,(H,27,28,29);1H. The highest BCUT2D eigenvalue weighted by Crippen LogP contribution is 2.51. The third-order valence-electron chi connectivity index (χ3n) is 6.21. The van der Waals surface area contributed by atoms with Crippen LogP contribution >= 0.6 is 0 Å². The van der Waals surface area contributed by atoms with Gasteiger partial charge in [0.05, 0.1) is 18.6 Å². The van der Waals surface area contributed by atoms with Gasteiger partial charge in [-0.25, -0.2) is 4.98 Å². The molecule has 2 aromatic carbocycles. The van der Waals surface area contributed by atoms with Gasteiger partial charge in [0.1, 0.15) is 11.6 Å². The van der Waals surface area contributed by atoms with E-state index in [1.54, 1.807) is 13.3 Å². The number of fused-ring (bicyclic) bond motifs is 1. The Morgan fingerprint density at radius 1 is 1.12 bits per heavy atom. The molecule has 166 valence electrons. The fourth-order valence-electron chi connectivity index (χ4n) is 4.26. The molecule has 32 heavy (non-hydrogen) atoms. The summed E-state index contributed by atoms with van der Waals surface area (Å²) < 4.78 is 16.4. The van der Waals surface area contributed by atoms with Crippen LogP contribution in [0.1, 0.15) is 37.0 Å². The maximum Gasteiger partial charge on any atom is 0.236 e. The summed E-state index contributed by atoms with van der Waals surface area (Å²) in [5.74, 6) is 2.70. The topological polar surface area (TPSA) is 81.7 Å². The first-order valence-corrected chi connectivity index (χ1v) is 10.6. The normalized spacial score (nSPS) is 16.3. The Morgan fingerprint density at radius 3 is 2.66 bits per heavy atom. The van der Waals surface area contributed by atoms with Crippen LogP contribution in [0.2, 0.25) is 0 Å². The maximum atomic E-state index is 13.1. The van der Waals surface area contributed by atoms with Crippen molar-refractivity contribution in [3.63, 3.8) is 0 Å². The minimum atomic E-state index is -0.535. The lowest BCUT2D eigenvalue weighted by Crippen LogP contribution is -2.28. The summed E-state index contributed by atoms with van der Waals surface area (Å²) in [6.45, 7) is 0.219. The first kappa shape index (κ1) is 20.3. The van der Waals surface area contributed by atoms with Crippen LogP contribution in [0.3, 0.4) is 0 Å². The summed E-state index contributed by atoms with van der Waals surface area (Å²) in [5, 5.41) is 6.31. The molecule has 0 radical (unpaired) electrons. The molecule has 1 aliphatic heterocycles. The van der Waals surface area contributed by atoms with E-state index in [4.69, 9.17) is 14.2 Å². The Balaban J connectivity index is 0.00000259. The minimum absolute atomic E-state index is 0. The molecule has 0 saturated heterocycles.